The van der Waals surface area contributed by atoms with Crippen LogP contribution in [-0.2, 0) is 6.54 Å². The number of halogens is 2. The Balaban J connectivity index is 2.35. The quantitative estimate of drug-likeness (QED) is 0.818. The molecule has 1 aromatic carbocycles. The van der Waals surface area contributed by atoms with Crippen molar-refractivity contribution < 1.29 is 5.11 Å². The first kappa shape index (κ1) is 13.0. The molecule has 15 heavy (non-hydrogen) atoms. The molecule has 84 valence electrons. The van der Waals surface area contributed by atoms with Gasteiger partial charge in [0.15, 0.2) is 0 Å². The Morgan fingerprint density at radius 3 is 2.87 bits per heavy atom. The first-order chi connectivity index (χ1) is 7.09. The van der Waals surface area contributed by atoms with Gasteiger partial charge < -0.3 is 10.4 Å². The molecule has 0 radical (unpaired) electrons. The van der Waals surface area contributed by atoms with Crippen LogP contribution in [0.1, 0.15) is 18.9 Å². The normalized spacial score (nSPS) is 12.8. The van der Waals surface area contributed by atoms with E-state index in [0.717, 1.165) is 34.6 Å². The second kappa shape index (κ2) is 6.48. The zero-order chi connectivity index (χ0) is 11.3. The van der Waals surface area contributed by atoms with Crippen molar-refractivity contribution in [2.24, 2.45) is 0 Å². The highest BCUT2D eigenvalue weighted by atomic mass is 79.9. The van der Waals surface area contributed by atoms with Gasteiger partial charge >= 0.3 is 0 Å². The minimum atomic E-state index is -0.244. The summed E-state index contributed by atoms with van der Waals surface area (Å²) in [6.45, 7) is 3.38. The van der Waals surface area contributed by atoms with Crippen molar-refractivity contribution >= 4 is 27.5 Å². The summed E-state index contributed by atoms with van der Waals surface area (Å²) < 4.78 is 0.914. The molecule has 2 N–H and O–H groups in total. The van der Waals surface area contributed by atoms with E-state index in [1.807, 2.05) is 18.2 Å². The number of hydrogen-bond donors (Lipinski definition) is 2. The maximum atomic E-state index is 9.06. The van der Waals surface area contributed by atoms with Crippen LogP contribution in [0.5, 0.6) is 0 Å². The molecule has 0 fully saturated rings. The third kappa shape index (κ3) is 4.98. The molecule has 0 aromatic heterocycles. The van der Waals surface area contributed by atoms with Crippen molar-refractivity contribution in [3.8, 4) is 0 Å². The summed E-state index contributed by atoms with van der Waals surface area (Å²) >= 11 is 9.31. The van der Waals surface area contributed by atoms with E-state index in [1.54, 1.807) is 6.92 Å². The largest absolute Gasteiger partial charge is 0.393 e. The maximum absolute atomic E-state index is 9.06. The van der Waals surface area contributed by atoms with Crippen molar-refractivity contribution in [2.45, 2.75) is 26.0 Å². The first-order valence-corrected chi connectivity index (χ1v) is 6.09. The lowest BCUT2D eigenvalue weighted by Crippen LogP contribution is -2.18. The lowest BCUT2D eigenvalue weighted by atomic mass is 10.2. The molecule has 0 heterocycles. The Hall–Kier alpha value is -0.0900. The third-order valence-electron chi connectivity index (χ3n) is 2.05. The summed E-state index contributed by atoms with van der Waals surface area (Å²) in [6, 6.07) is 5.89. The molecule has 1 unspecified atom stereocenters. The van der Waals surface area contributed by atoms with Gasteiger partial charge in [-0.3, -0.25) is 0 Å². The zero-order valence-corrected chi connectivity index (χ0v) is 11.0. The molecule has 1 rings (SSSR count). The molecule has 1 aromatic rings. The fraction of sp³-hybridized carbons (Fsp3) is 0.455. The zero-order valence-electron chi connectivity index (χ0n) is 8.63. The molecular formula is C11H15BrClNO. The lowest BCUT2D eigenvalue weighted by molar-refractivity contribution is 0.183. The second-order valence-corrected chi connectivity index (χ2v) is 4.82. The van der Waals surface area contributed by atoms with Crippen LogP contribution >= 0.6 is 27.5 Å². The number of hydrogen-bond acceptors (Lipinski definition) is 2. The molecule has 4 heteroatoms. The van der Waals surface area contributed by atoms with E-state index in [1.165, 1.54) is 0 Å². The fourth-order valence-electron chi connectivity index (χ4n) is 1.19. The van der Waals surface area contributed by atoms with Crippen LogP contribution in [-0.4, -0.2) is 17.8 Å². The molecule has 0 amide bonds. The molecule has 1 atom stereocenters. The van der Waals surface area contributed by atoms with Gasteiger partial charge in [-0.25, -0.2) is 0 Å². The second-order valence-electron chi connectivity index (χ2n) is 3.56. The number of nitrogens with one attached hydrogen (secondary N) is 1. The van der Waals surface area contributed by atoms with E-state index in [0.29, 0.717) is 0 Å². The summed E-state index contributed by atoms with van der Waals surface area (Å²) in [5, 5.41) is 13.0. The van der Waals surface area contributed by atoms with E-state index in [2.05, 4.69) is 21.2 Å². The smallest absolute Gasteiger partial charge is 0.0551 e. The first-order valence-electron chi connectivity index (χ1n) is 4.92. The summed E-state index contributed by atoms with van der Waals surface area (Å²) in [5.41, 5.74) is 1.15. The van der Waals surface area contributed by atoms with Crippen LogP contribution in [0.3, 0.4) is 0 Å². The number of rotatable bonds is 5. The van der Waals surface area contributed by atoms with Crippen LogP contribution in [0, 0.1) is 0 Å². The Bertz CT molecular complexity index is 317. The highest BCUT2D eigenvalue weighted by Gasteiger charge is 1.99. The van der Waals surface area contributed by atoms with Crippen LogP contribution in [0.4, 0.5) is 0 Å². The van der Waals surface area contributed by atoms with Crippen molar-refractivity contribution in [3.63, 3.8) is 0 Å². The summed E-state index contributed by atoms with van der Waals surface area (Å²) in [7, 11) is 0. The molecule has 2 nitrogen and oxygen atoms in total. The van der Waals surface area contributed by atoms with E-state index in [4.69, 9.17) is 16.7 Å². The predicted octanol–water partition coefficient (Wildman–Crippen LogP) is 2.96. The summed E-state index contributed by atoms with van der Waals surface area (Å²) in [5.74, 6) is 0. The lowest BCUT2D eigenvalue weighted by Gasteiger charge is -2.07. The van der Waals surface area contributed by atoms with Crippen molar-refractivity contribution in [1.82, 2.24) is 5.32 Å². The van der Waals surface area contributed by atoms with Gasteiger partial charge in [-0.05, 0) is 53.5 Å². The standard InChI is InChI=1S/C11H15BrClNO/c1-8(15)4-5-14-7-9-2-3-10(12)11(13)6-9/h2-3,6,8,14-15H,4-5,7H2,1H3. The van der Waals surface area contributed by atoms with Gasteiger partial charge in [0.25, 0.3) is 0 Å². The van der Waals surface area contributed by atoms with E-state index < -0.39 is 0 Å². The van der Waals surface area contributed by atoms with Crippen molar-refractivity contribution in [1.29, 1.82) is 0 Å². The monoisotopic (exact) mass is 291 g/mol. The highest BCUT2D eigenvalue weighted by molar-refractivity contribution is 9.10. The van der Waals surface area contributed by atoms with E-state index in [-0.39, 0.29) is 6.10 Å². The molecule has 0 aliphatic carbocycles. The average molecular weight is 293 g/mol. The predicted molar refractivity (Wildman–Crippen MR) is 67.2 cm³/mol. The van der Waals surface area contributed by atoms with Crippen LogP contribution < -0.4 is 5.32 Å². The number of aliphatic hydroxyl groups is 1. The van der Waals surface area contributed by atoms with Gasteiger partial charge in [0.2, 0.25) is 0 Å². The van der Waals surface area contributed by atoms with Gasteiger partial charge in [-0.2, -0.15) is 0 Å². The van der Waals surface area contributed by atoms with Crippen LogP contribution in [0.2, 0.25) is 5.02 Å². The minimum absolute atomic E-state index is 0.244. The van der Waals surface area contributed by atoms with Gasteiger partial charge in [0.05, 0.1) is 11.1 Å². The Kier molecular flexibility index (Phi) is 5.61. The average Bonchev–Trinajstić information content (AvgIpc) is 2.18. The third-order valence-corrected chi connectivity index (χ3v) is 3.28. The molecule has 0 spiro atoms. The molecule has 0 aliphatic heterocycles. The van der Waals surface area contributed by atoms with Gasteiger partial charge in [0.1, 0.15) is 0 Å². The highest BCUT2D eigenvalue weighted by Crippen LogP contribution is 2.22. The Morgan fingerprint density at radius 2 is 2.27 bits per heavy atom. The summed E-state index contributed by atoms with van der Waals surface area (Å²) in [6.07, 6.45) is 0.524. The topological polar surface area (TPSA) is 32.3 Å². The van der Waals surface area contributed by atoms with E-state index in [9.17, 15) is 0 Å². The van der Waals surface area contributed by atoms with Gasteiger partial charge in [-0.15, -0.1) is 0 Å². The number of benzene rings is 1. The number of aliphatic hydroxyl groups excluding tert-OH is 1. The van der Waals surface area contributed by atoms with Crippen molar-refractivity contribution in [2.75, 3.05) is 6.54 Å². The van der Waals surface area contributed by atoms with Crippen LogP contribution in [0.25, 0.3) is 0 Å². The van der Waals surface area contributed by atoms with Gasteiger partial charge in [-0.1, -0.05) is 17.7 Å². The molecule has 0 bridgehead atoms. The Morgan fingerprint density at radius 1 is 1.53 bits per heavy atom. The molecule has 0 aliphatic rings. The van der Waals surface area contributed by atoms with Crippen molar-refractivity contribution in [3.05, 3.63) is 33.3 Å². The molecule has 0 saturated carbocycles. The van der Waals surface area contributed by atoms with Gasteiger partial charge in [0, 0.05) is 11.0 Å². The maximum Gasteiger partial charge on any atom is 0.0551 e. The Labute approximate surface area is 104 Å². The fourth-order valence-corrected chi connectivity index (χ4v) is 1.64. The minimum Gasteiger partial charge on any atom is -0.393 e. The molecular weight excluding hydrogens is 277 g/mol. The summed E-state index contributed by atoms with van der Waals surface area (Å²) in [4.78, 5) is 0. The van der Waals surface area contributed by atoms with Crippen LogP contribution in [0.15, 0.2) is 22.7 Å². The van der Waals surface area contributed by atoms with E-state index >= 15 is 0 Å². The molecule has 0 saturated heterocycles. The SMILES string of the molecule is CC(O)CCNCc1ccc(Br)c(Cl)c1.